The summed E-state index contributed by atoms with van der Waals surface area (Å²) in [6.07, 6.45) is -0.990. The molecule has 3 heterocycles. The molecule has 1 unspecified atom stereocenters. The van der Waals surface area contributed by atoms with Gasteiger partial charge in [-0.25, -0.2) is 9.97 Å². The number of aryl methyl sites for hydroxylation is 1. The van der Waals surface area contributed by atoms with Crippen molar-refractivity contribution < 1.29 is 22.6 Å². The summed E-state index contributed by atoms with van der Waals surface area (Å²) in [6.45, 7) is 1.49. The fourth-order valence-corrected chi connectivity index (χ4v) is 3.43. The zero-order valence-electron chi connectivity index (χ0n) is 16.0. The molecule has 3 aromatic rings. The summed E-state index contributed by atoms with van der Waals surface area (Å²) in [5.41, 5.74) is 1.33. The minimum absolute atomic E-state index is 0.0956. The van der Waals surface area contributed by atoms with Crippen molar-refractivity contribution in [3.05, 3.63) is 58.8 Å². The highest BCUT2D eigenvalue weighted by Gasteiger charge is 2.34. The minimum Gasteiger partial charge on any atom is -0.472 e. The Morgan fingerprint density at radius 2 is 2.00 bits per heavy atom. The van der Waals surface area contributed by atoms with Crippen LogP contribution < -0.4 is 4.74 Å². The van der Waals surface area contributed by atoms with E-state index in [1.54, 1.807) is 30.5 Å². The summed E-state index contributed by atoms with van der Waals surface area (Å²) in [5.74, 6) is 0.806. The lowest BCUT2D eigenvalue weighted by atomic mass is 10.0. The van der Waals surface area contributed by atoms with E-state index in [1.165, 1.54) is 11.6 Å². The smallest absolute Gasteiger partial charge is 0.434 e. The van der Waals surface area contributed by atoms with Crippen LogP contribution in [0.15, 0.2) is 36.7 Å². The van der Waals surface area contributed by atoms with Crippen LogP contribution in [0.5, 0.6) is 5.88 Å². The van der Waals surface area contributed by atoms with Crippen molar-refractivity contribution in [3.8, 4) is 17.3 Å². The lowest BCUT2D eigenvalue weighted by molar-refractivity contribution is -0.140. The topological polar surface area (TPSA) is 62.1 Å². The van der Waals surface area contributed by atoms with Gasteiger partial charge in [0.2, 0.25) is 11.2 Å². The molecule has 0 bridgehead atoms. The third-order valence-corrected chi connectivity index (χ3v) is 5.06. The molecule has 1 saturated heterocycles. The SMILES string of the molecule is Cn1cc(C(F)(F)F)nc1-c1ccc(COc2nc(Cl)ncc2C2CCOC2)cc1. The van der Waals surface area contributed by atoms with Crippen LogP contribution in [0.1, 0.15) is 29.2 Å². The molecule has 1 aromatic carbocycles. The number of halogens is 4. The molecule has 1 aliphatic heterocycles. The predicted molar refractivity (Wildman–Crippen MR) is 103 cm³/mol. The molecule has 1 aliphatic rings. The first-order chi connectivity index (χ1) is 14.3. The zero-order valence-corrected chi connectivity index (χ0v) is 16.7. The molecular formula is C20H18ClF3N4O2. The first kappa shape index (κ1) is 20.6. The van der Waals surface area contributed by atoms with Crippen LogP contribution in [0.3, 0.4) is 0 Å². The van der Waals surface area contributed by atoms with Gasteiger partial charge in [-0.1, -0.05) is 24.3 Å². The molecule has 4 rings (SSSR count). The van der Waals surface area contributed by atoms with Gasteiger partial charge in [0.05, 0.1) is 6.61 Å². The lowest BCUT2D eigenvalue weighted by Crippen LogP contribution is -2.06. The molecule has 6 nitrogen and oxygen atoms in total. The highest BCUT2D eigenvalue weighted by atomic mass is 35.5. The summed E-state index contributed by atoms with van der Waals surface area (Å²) in [6, 6.07) is 6.97. The van der Waals surface area contributed by atoms with E-state index >= 15 is 0 Å². The molecule has 10 heteroatoms. The minimum atomic E-state index is -4.48. The van der Waals surface area contributed by atoms with Crippen LogP contribution in [0, 0.1) is 0 Å². The molecule has 158 valence electrons. The van der Waals surface area contributed by atoms with E-state index in [-0.39, 0.29) is 23.6 Å². The third kappa shape index (κ3) is 4.41. The molecule has 0 radical (unpaired) electrons. The van der Waals surface area contributed by atoms with Gasteiger partial charge in [-0.15, -0.1) is 0 Å². The number of imidazole rings is 1. The van der Waals surface area contributed by atoms with E-state index < -0.39 is 11.9 Å². The molecule has 30 heavy (non-hydrogen) atoms. The summed E-state index contributed by atoms with van der Waals surface area (Å²) >= 11 is 5.92. The largest absolute Gasteiger partial charge is 0.472 e. The third-order valence-electron chi connectivity index (χ3n) is 4.87. The first-order valence-corrected chi connectivity index (χ1v) is 9.62. The second-order valence-corrected chi connectivity index (χ2v) is 7.34. The Morgan fingerprint density at radius 3 is 2.63 bits per heavy atom. The van der Waals surface area contributed by atoms with Gasteiger partial charge < -0.3 is 14.0 Å². The highest BCUT2D eigenvalue weighted by Crippen LogP contribution is 2.32. The van der Waals surface area contributed by atoms with Crippen LogP contribution in [-0.2, 0) is 24.6 Å². The molecule has 0 spiro atoms. The molecular weight excluding hydrogens is 421 g/mol. The molecule has 1 fully saturated rings. The molecule has 0 saturated carbocycles. The summed E-state index contributed by atoms with van der Waals surface area (Å²) < 4.78 is 51.3. The van der Waals surface area contributed by atoms with E-state index in [0.717, 1.165) is 23.7 Å². The number of nitrogens with zero attached hydrogens (tertiary/aromatic N) is 4. The van der Waals surface area contributed by atoms with Crippen molar-refractivity contribution >= 4 is 11.6 Å². The van der Waals surface area contributed by atoms with Gasteiger partial charge in [-0.3, -0.25) is 0 Å². The molecule has 0 N–H and O–H groups in total. The van der Waals surface area contributed by atoms with Crippen LogP contribution in [0.2, 0.25) is 5.28 Å². The van der Waals surface area contributed by atoms with Crippen LogP contribution >= 0.6 is 11.6 Å². The molecule has 1 atom stereocenters. The number of hydrogen-bond donors (Lipinski definition) is 0. The van der Waals surface area contributed by atoms with Crippen molar-refractivity contribution in [1.82, 2.24) is 19.5 Å². The summed E-state index contributed by atoms with van der Waals surface area (Å²) in [5, 5.41) is 0.0956. The maximum Gasteiger partial charge on any atom is 0.434 e. The number of aromatic nitrogens is 4. The van der Waals surface area contributed by atoms with Gasteiger partial charge in [0.15, 0.2) is 5.69 Å². The van der Waals surface area contributed by atoms with Crippen LogP contribution in [0.4, 0.5) is 13.2 Å². The zero-order chi connectivity index (χ0) is 21.3. The van der Waals surface area contributed by atoms with Crippen LogP contribution in [-0.4, -0.2) is 32.7 Å². The van der Waals surface area contributed by atoms with Gasteiger partial charge >= 0.3 is 6.18 Å². The number of benzene rings is 1. The van der Waals surface area contributed by atoms with Crippen molar-refractivity contribution in [3.63, 3.8) is 0 Å². The van der Waals surface area contributed by atoms with Crippen molar-refractivity contribution in [1.29, 1.82) is 0 Å². The van der Waals surface area contributed by atoms with Gasteiger partial charge in [-0.05, 0) is 23.6 Å². The fourth-order valence-electron chi connectivity index (χ4n) is 3.30. The second kappa shape index (κ2) is 8.23. The van der Waals surface area contributed by atoms with E-state index in [2.05, 4.69) is 15.0 Å². The number of ether oxygens (including phenoxy) is 2. The van der Waals surface area contributed by atoms with Crippen molar-refractivity contribution in [2.45, 2.75) is 25.1 Å². The highest BCUT2D eigenvalue weighted by molar-refractivity contribution is 6.28. The first-order valence-electron chi connectivity index (χ1n) is 9.24. The normalized spacial score (nSPS) is 16.8. The second-order valence-electron chi connectivity index (χ2n) is 7.00. The fraction of sp³-hybridized carbons (Fsp3) is 0.350. The van der Waals surface area contributed by atoms with E-state index in [9.17, 15) is 13.2 Å². The molecule has 0 aliphatic carbocycles. The van der Waals surface area contributed by atoms with Gasteiger partial charge in [0.25, 0.3) is 0 Å². The Bertz CT molecular complexity index is 1030. The average molecular weight is 439 g/mol. The van der Waals surface area contributed by atoms with Gasteiger partial charge in [0.1, 0.15) is 12.4 Å². The number of alkyl halides is 3. The van der Waals surface area contributed by atoms with Crippen molar-refractivity contribution in [2.24, 2.45) is 7.05 Å². The Morgan fingerprint density at radius 1 is 1.23 bits per heavy atom. The average Bonchev–Trinajstić information content (AvgIpc) is 3.36. The maximum absolute atomic E-state index is 12.9. The Labute approximate surface area is 175 Å². The van der Waals surface area contributed by atoms with Gasteiger partial charge in [-0.2, -0.15) is 18.2 Å². The maximum atomic E-state index is 12.9. The Balaban J connectivity index is 1.49. The van der Waals surface area contributed by atoms with Crippen molar-refractivity contribution in [2.75, 3.05) is 13.2 Å². The number of rotatable bonds is 5. The van der Waals surface area contributed by atoms with Crippen LogP contribution in [0.25, 0.3) is 11.4 Å². The monoisotopic (exact) mass is 438 g/mol. The molecule has 2 aromatic heterocycles. The Hall–Kier alpha value is -2.65. The quantitative estimate of drug-likeness (QED) is 0.543. The van der Waals surface area contributed by atoms with Gasteiger partial charge in [0, 0.05) is 43.1 Å². The Kier molecular flexibility index (Phi) is 5.66. The lowest BCUT2D eigenvalue weighted by Gasteiger charge is -2.14. The van der Waals surface area contributed by atoms with E-state index in [4.69, 9.17) is 21.1 Å². The standard InChI is InChI=1S/C20H18ClF3N4O2/c1-28-9-16(20(22,23)24)26-17(28)13-4-2-12(3-5-13)10-30-18-15(8-25-19(21)27-18)14-6-7-29-11-14/h2-5,8-9,14H,6-7,10-11H2,1H3. The van der Waals surface area contributed by atoms with E-state index in [0.29, 0.717) is 24.7 Å². The predicted octanol–water partition coefficient (Wildman–Crippen LogP) is 4.63. The summed E-state index contributed by atoms with van der Waals surface area (Å²) in [7, 11) is 1.53. The summed E-state index contributed by atoms with van der Waals surface area (Å²) in [4.78, 5) is 11.9. The number of hydrogen-bond acceptors (Lipinski definition) is 5. The molecule has 0 amide bonds. The van der Waals surface area contributed by atoms with E-state index in [1.807, 2.05) is 0 Å².